The summed E-state index contributed by atoms with van der Waals surface area (Å²) in [4.78, 5) is 27.0. The van der Waals surface area contributed by atoms with Crippen molar-refractivity contribution in [1.82, 2.24) is 10.3 Å². The van der Waals surface area contributed by atoms with Gasteiger partial charge >= 0.3 is 5.97 Å². The van der Waals surface area contributed by atoms with Crippen LogP contribution in [0.2, 0.25) is 0 Å². The lowest BCUT2D eigenvalue weighted by molar-refractivity contribution is -0.139. The van der Waals surface area contributed by atoms with Crippen LogP contribution in [0.3, 0.4) is 0 Å². The molecule has 2 N–H and O–H groups in total. The van der Waals surface area contributed by atoms with Gasteiger partial charge in [-0.25, -0.2) is 9.78 Å². The quantitative estimate of drug-likeness (QED) is 0.793. The number of carboxylic acid groups (broad SMARTS) is 1. The van der Waals surface area contributed by atoms with Gasteiger partial charge in [-0.05, 0) is 12.3 Å². The molecule has 1 atom stereocenters. The fourth-order valence-corrected chi connectivity index (χ4v) is 2.27. The minimum absolute atomic E-state index is 0.181. The van der Waals surface area contributed by atoms with Crippen LogP contribution in [0.25, 0.3) is 0 Å². The first kappa shape index (κ1) is 15.6. The lowest BCUT2D eigenvalue weighted by atomic mass is 10.0. The highest BCUT2D eigenvalue weighted by Crippen LogP contribution is 2.12. The van der Waals surface area contributed by atoms with Crippen LogP contribution in [0.15, 0.2) is 5.38 Å². The molecule has 0 radical (unpaired) electrons. The molecular weight excluding hydrogens is 268 g/mol. The third-order valence-electron chi connectivity index (χ3n) is 2.36. The van der Waals surface area contributed by atoms with Crippen molar-refractivity contribution >= 4 is 23.2 Å². The van der Waals surface area contributed by atoms with Crippen molar-refractivity contribution in [3.63, 3.8) is 0 Å². The normalized spacial score (nSPS) is 12.4. The summed E-state index contributed by atoms with van der Waals surface area (Å²) in [5.41, 5.74) is 0.229. The number of hydrogen-bond donors (Lipinski definition) is 2. The van der Waals surface area contributed by atoms with Crippen LogP contribution in [0.1, 0.15) is 35.8 Å². The van der Waals surface area contributed by atoms with Gasteiger partial charge in [0.2, 0.25) is 0 Å². The minimum Gasteiger partial charge on any atom is -0.480 e. The summed E-state index contributed by atoms with van der Waals surface area (Å²) in [5, 5.41) is 13.8. The molecule has 1 heterocycles. The van der Waals surface area contributed by atoms with E-state index in [0.717, 1.165) is 0 Å². The minimum atomic E-state index is -1.03. The van der Waals surface area contributed by atoms with E-state index in [1.807, 2.05) is 13.8 Å². The van der Waals surface area contributed by atoms with E-state index in [4.69, 9.17) is 9.84 Å². The first-order chi connectivity index (χ1) is 8.93. The second kappa shape index (κ2) is 7.20. The van der Waals surface area contributed by atoms with E-state index in [1.54, 1.807) is 12.5 Å². The zero-order chi connectivity index (χ0) is 14.4. The summed E-state index contributed by atoms with van der Waals surface area (Å²) in [6, 6.07) is -0.889. The summed E-state index contributed by atoms with van der Waals surface area (Å²) in [5.74, 6) is -1.32. The molecule has 19 heavy (non-hydrogen) atoms. The van der Waals surface area contributed by atoms with E-state index in [1.165, 1.54) is 11.3 Å². The Morgan fingerprint density at radius 3 is 2.74 bits per heavy atom. The second-order valence-corrected chi connectivity index (χ2v) is 5.50. The highest BCUT2D eigenvalue weighted by atomic mass is 32.1. The maximum absolute atomic E-state index is 11.9. The number of nitrogens with one attached hydrogen (secondary N) is 1. The zero-order valence-electron chi connectivity index (χ0n) is 11.2. The SMILES string of the molecule is COCc1nc(C(=O)N[C@@H](CC(C)C)C(=O)O)cs1. The number of aromatic nitrogens is 1. The number of thiazole rings is 1. The molecule has 1 aromatic heterocycles. The number of hydrogen-bond acceptors (Lipinski definition) is 5. The van der Waals surface area contributed by atoms with E-state index in [0.29, 0.717) is 18.0 Å². The number of ether oxygens (including phenoxy) is 1. The van der Waals surface area contributed by atoms with Gasteiger partial charge in [0.15, 0.2) is 0 Å². The number of methoxy groups -OCH3 is 1. The Labute approximate surface area is 115 Å². The smallest absolute Gasteiger partial charge is 0.326 e. The number of carboxylic acids is 1. The average molecular weight is 286 g/mol. The monoisotopic (exact) mass is 286 g/mol. The molecule has 0 aliphatic rings. The first-order valence-electron chi connectivity index (χ1n) is 5.91. The first-order valence-corrected chi connectivity index (χ1v) is 6.79. The molecule has 7 heteroatoms. The molecule has 1 amide bonds. The zero-order valence-corrected chi connectivity index (χ0v) is 12.0. The lowest BCUT2D eigenvalue weighted by Gasteiger charge is -2.15. The molecule has 0 saturated heterocycles. The number of amides is 1. The Kier molecular flexibility index (Phi) is 5.91. The molecule has 0 unspecified atom stereocenters. The number of carbonyl (C=O) groups excluding carboxylic acids is 1. The standard InChI is InChI=1S/C12H18N2O4S/c1-7(2)4-8(12(16)17)14-11(15)9-6-19-10(13-9)5-18-3/h6-8H,4-5H2,1-3H3,(H,14,15)(H,16,17)/t8-/m0/s1. The van der Waals surface area contributed by atoms with Crippen molar-refractivity contribution in [3.8, 4) is 0 Å². The Morgan fingerprint density at radius 1 is 1.53 bits per heavy atom. The van der Waals surface area contributed by atoms with Crippen molar-refractivity contribution in [1.29, 1.82) is 0 Å². The van der Waals surface area contributed by atoms with E-state index in [2.05, 4.69) is 10.3 Å². The average Bonchev–Trinajstić information content (AvgIpc) is 2.76. The lowest BCUT2D eigenvalue weighted by Crippen LogP contribution is -2.41. The third-order valence-corrected chi connectivity index (χ3v) is 3.19. The molecule has 106 valence electrons. The second-order valence-electron chi connectivity index (χ2n) is 4.55. The van der Waals surface area contributed by atoms with Gasteiger partial charge in [-0.3, -0.25) is 4.79 Å². The summed E-state index contributed by atoms with van der Waals surface area (Å²) in [6.07, 6.45) is 0.385. The Morgan fingerprint density at radius 2 is 2.21 bits per heavy atom. The number of rotatable bonds is 7. The summed E-state index contributed by atoms with van der Waals surface area (Å²) in [6.45, 7) is 4.15. The highest BCUT2D eigenvalue weighted by Gasteiger charge is 2.22. The van der Waals surface area contributed by atoms with Crippen molar-refractivity contribution in [3.05, 3.63) is 16.1 Å². The molecule has 1 rings (SSSR count). The van der Waals surface area contributed by atoms with Gasteiger partial charge in [0.05, 0.1) is 6.61 Å². The fraction of sp³-hybridized carbons (Fsp3) is 0.583. The Hall–Kier alpha value is -1.47. The van der Waals surface area contributed by atoms with E-state index < -0.39 is 17.9 Å². The van der Waals surface area contributed by atoms with Gasteiger partial charge in [-0.15, -0.1) is 11.3 Å². The molecular formula is C12H18N2O4S. The van der Waals surface area contributed by atoms with Crippen molar-refractivity contribution in [2.24, 2.45) is 5.92 Å². The van der Waals surface area contributed by atoms with Crippen molar-refractivity contribution in [2.75, 3.05) is 7.11 Å². The maximum Gasteiger partial charge on any atom is 0.326 e. The summed E-state index contributed by atoms with van der Waals surface area (Å²) in [7, 11) is 1.55. The summed E-state index contributed by atoms with van der Waals surface area (Å²) < 4.78 is 4.91. The van der Waals surface area contributed by atoms with Crippen LogP contribution >= 0.6 is 11.3 Å². The number of carbonyl (C=O) groups is 2. The molecule has 1 aromatic rings. The number of aliphatic carboxylic acids is 1. The Balaban J connectivity index is 2.67. The molecule has 6 nitrogen and oxygen atoms in total. The topological polar surface area (TPSA) is 88.5 Å². The van der Waals surface area contributed by atoms with E-state index in [9.17, 15) is 9.59 Å². The van der Waals surface area contributed by atoms with Crippen molar-refractivity contribution in [2.45, 2.75) is 32.9 Å². The molecule has 0 saturated carbocycles. The van der Waals surface area contributed by atoms with Gasteiger partial charge in [-0.2, -0.15) is 0 Å². The largest absolute Gasteiger partial charge is 0.480 e. The Bertz CT molecular complexity index is 445. The van der Waals surface area contributed by atoms with Gasteiger partial charge in [0, 0.05) is 12.5 Å². The van der Waals surface area contributed by atoms with Gasteiger partial charge < -0.3 is 15.2 Å². The molecule has 0 aliphatic heterocycles. The van der Waals surface area contributed by atoms with Crippen LogP contribution in [-0.4, -0.2) is 35.1 Å². The molecule has 0 fully saturated rings. The molecule has 0 bridgehead atoms. The van der Waals surface area contributed by atoms with Crippen molar-refractivity contribution < 1.29 is 19.4 Å². The van der Waals surface area contributed by atoms with Gasteiger partial charge in [0.1, 0.15) is 16.7 Å². The molecule has 0 spiro atoms. The van der Waals surface area contributed by atoms with Crippen LogP contribution < -0.4 is 5.32 Å². The third kappa shape index (κ3) is 4.96. The summed E-state index contributed by atoms with van der Waals surface area (Å²) >= 11 is 1.31. The molecule has 0 aliphatic carbocycles. The van der Waals surface area contributed by atoms with Crippen LogP contribution in [-0.2, 0) is 16.1 Å². The maximum atomic E-state index is 11.9. The van der Waals surface area contributed by atoms with Crippen LogP contribution in [0.5, 0.6) is 0 Å². The van der Waals surface area contributed by atoms with Gasteiger partial charge in [-0.1, -0.05) is 13.8 Å². The predicted molar refractivity (Wildman–Crippen MR) is 71.2 cm³/mol. The van der Waals surface area contributed by atoms with Crippen LogP contribution in [0, 0.1) is 5.92 Å². The van der Waals surface area contributed by atoms with E-state index in [-0.39, 0.29) is 11.6 Å². The highest BCUT2D eigenvalue weighted by molar-refractivity contribution is 7.09. The van der Waals surface area contributed by atoms with E-state index >= 15 is 0 Å². The number of nitrogens with zero attached hydrogens (tertiary/aromatic N) is 1. The van der Waals surface area contributed by atoms with Gasteiger partial charge in [0.25, 0.3) is 5.91 Å². The molecule has 0 aromatic carbocycles. The van der Waals surface area contributed by atoms with Crippen LogP contribution in [0.4, 0.5) is 0 Å². The predicted octanol–water partition coefficient (Wildman–Crippen LogP) is 1.52. The fourth-order valence-electron chi connectivity index (χ4n) is 1.53.